The lowest BCUT2D eigenvalue weighted by atomic mass is 9.88. The van der Waals surface area contributed by atoms with E-state index >= 15 is 0 Å². The lowest BCUT2D eigenvalue weighted by Crippen LogP contribution is -2.23. The van der Waals surface area contributed by atoms with E-state index in [-0.39, 0.29) is 17.7 Å². The van der Waals surface area contributed by atoms with Crippen LogP contribution in [0.25, 0.3) is 10.2 Å². The number of aryl methyl sites for hydroxylation is 1. The minimum Gasteiger partial charge on any atom is -0.466 e. The van der Waals surface area contributed by atoms with E-state index in [1.54, 1.807) is 23.6 Å². The van der Waals surface area contributed by atoms with Crippen LogP contribution in [0.1, 0.15) is 34.9 Å². The summed E-state index contributed by atoms with van der Waals surface area (Å²) in [6.45, 7) is 2.73. The highest BCUT2D eigenvalue weighted by atomic mass is 32.1. The van der Waals surface area contributed by atoms with Crippen molar-refractivity contribution in [1.82, 2.24) is 9.97 Å². The van der Waals surface area contributed by atoms with Crippen LogP contribution in [0.3, 0.4) is 0 Å². The van der Waals surface area contributed by atoms with Crippen molar-refractivity contribution < 1.29 is 13.9 Å². The average Bonchev–Trinajstić information content (AvgIpc) is 3.31. The van der Waals surface area contributed by atoms with Gasteiger partial charge in [-0.15, -0.1) is 11.3 Å². The molecule has 1 aliphatic carbocycles. The first kappa shape index (κ1) is 18.2. The number of fused-ring (bicyclic) bond motifs is 4. The van der Waals surface area contributed by atoms with E-state index in [0.717, 1.165) is 44.6 Å². The Hall–Kier alpha value is -2.87. The van der Waals surface area contributed by atoms with Gasteiger partial charge in [0, 0.05) is 11.1 Å². The number of esters is 1. The molecule has 1 aliphatic heterocycles. The number of thiophene rings is 1. The van der Waals surface area contributed by atoms with Gasteiger partial charge in [0.15, 0.2) is 0 Å². The molecule has 6 nitrogen and oxygen atoms in total. The molecule has 1 N–H and O–H groups in total. The van der Waals surface area contributed by atoms with Crippen LogP contribution in [0.2, 0.25) is 0 Å². The van der Waals surface area contributed by atoms with Crippen LogP contribution in [-0.4, -0.2) is 28.8 Å². The monoisotopic (exact) mass is 410 g/mol. The van der Waals surface area contributed by atoms with Crippen LogP contribution < -0.4 is 5.32 Å². The molecule has 29 heavy (non-hydrogen) atoms. The Bertz CT molecular complexity index is 1160. The zero-order valence-electron chi connectivity index (χ0n) is 15.9. The number of nitrogens with one attached hydrogen (secondary N) is 1. The van der Waals surface area contributed by atoms with Crippen LogP contribution in [0, 0.1) is 11.7 Å². The van der Waals surface area contributed by atoms with Crippen LogP contribution in [0.15, 0.2) is 23.5 Å². The minimum atomic E-state index is -0.326. The number of nitrogens with zero attached hydrogens (tertiary/aromatic N) is 3. The number of benzene rings is 1. The van der Waals surface area contributed by atoms with Crippen molar-refractivity contribution in [1.29, 1.82) is 0 Å². The Morgan fingerprint density at radius 1 is 1.38 bits per heavy atom. The summed E-state index contributed by atoms with van der Waals surface area (Å²) in [6.07, 6.45) is 5.38. The van der Waals surface area contributed by atoms with E-state index in [1.165, 1.54) is 12.4 Å². The highest BCUT2D eigenvalue weighted by Gasteiger charge is 2.30. The number of halogens is 1. The zero-order chi connectivity index (χ0) is 20.0. The zero-order valence-corrected chi connectivity index (χ0v) is 16.7. The second-order valence-corrected chi connectivity index (χ2v) is 8.31. The Morgan fingerprint density at radius 2 is 2.28 bits per heavy atom. The smallest absolute Gasteiger partial charge is 0.309 e. The fourth-order valence-electron chi connectivity index (χ4n) is 4.02. The third-order valence-electron chi connectivity index (χ3n) is 5.44. The molecule has 2 aliphatic rings. The lowest BCUT2D eigenvalue weighted by Gasteiger charge is -2.20. The van der Waals surface area contributed by atoms with Gasteiger partial charge >= 0.3 is 5.97 Å². The highest BCUT2D eigenvalue weighted by Crippen LogP contribution is 2.41. The number of anilines is 2. The topological polar surface area (TPSA) is 76.5 Å². The quantitative estimate of drug-likeness (QED) is 0.653. The average molecular weight is 410 g/mol. The summed E-state index contributed by atoms with van der Waals surface area (Å²) in [4.78, 5) is 27.1. The van der Waals surface area contributed by atoms with Crippen molar-refractivity contribution in [3.63, 3.8) is 0 Å². The van der Waals surface area contributed by atoms with E-state index in [1.807, 2.05) is 6.92 Å². The SMILES string of the molecule is CCOC(=O)[C@H]1CCc2c(sc3ncnc(Nc4cc5c(cc4F)CN=C5)c23)C1. The molecule has 8 heteroatoms. The van der Waals surface area contributed by atoms with Gasteiger partial charge in [-0.25, -0.2) is 14.4 Å². The number of ether oxygens (including phenoxy) is 1. The molecule has 0 amide bonds. The van der Waals surface area contributed by atoms with E-state index in [0.29, 0.717) is 31.1 Å². The first-order valence-electron chi connectivity index (χ1n) is 9.65. The number of hydrogen-bond acceptors (Lipinski definition) is 7. The summed E-state index contributed by atoms with van der Waals surface area (Å²) < 4.78 is 19.8. The second kappa shape index (κ2) is 7.18. The van der Waals surface area contributed by atoms with Crippen molar-refractivity contribution in [2.24, 2.45) is 10.9 Å². The molecule has 1 atom stereocenters. The van der Waals surface area contributed by atoms with Gasteiger partial charge < -0.3 is 10.1 Å². The van der Waals surface area contributed by atoms with E-state index in [2.05, 4.69) is 20.3 Å². The molecule has 0 spiro atoms. The normalized spacial score (nSPS) is 17.2. The maximum Gasteiger partial charge on any atom is 0.309 e. The largest absolute Gasteiger partial charge is 0.466 e. The molecule has 2 aromatic heterocycles. The standard InChI is InChI=1S/C21H19FN4O2S/c1-2-28-21(27)11-3-4-14-17(7-11)29-20-18(14)19(24-10-25-20)26-16-6-13-9-23-8-12(13)5-15(16)22/h5-6,9-11H,2-4,7-8H2,1H3,(H,24,25,26)/t11-/m0/s1. The van der Waals surface area contributed by atoms with Crippen LogP contribution in [0.5, 0.6) is 0 Å². The number of carbonyl (C=O) groups is 1. The number of aromatic nitrogens is 2. The Morgan fingerprint density at radius 3 is 3.14 bits per heavy atom. The molecule has 148 valence electrons. The van der Waals surface area contributed by atoms with Gasteiger partial charge in [-0.05, 0) is 55.0 Å². The van der Waals surface area contributed by atoms with Crippen molar-refractivity contribution in [3.05, 3.63) is 45.8 Å². The fourth-order valence-corrected chi connectivity index (χ4v) is 5.29. The molecular formula is C21H19FN4O2S. The third kappa shape index (κ3) is 3.17. The number of aliphatic imine (C=N–C) groups is 1. The first-order chi connectivity index (χ1) is 14.1. The molecule has 1 aromatic carbocycles. The molecule has 0 radical (unpaired) electrons. The summed E-state index contributed by atoms with van der Waals surface area (Å²) in [6, 6.07) is 3.29. The summed E-state index contributed by atoms with van der Waals surface area (Å²) >= 11 is 1.57. The van der Waals surface area contributed by atoms with Gasteiger partial charge in [0.1, 0.15) is 22.8 Å². The van der Waals surface area contributed by atoms with Crippen LogP contribution in [0.4, 0.5) is 15.9 Å². The van der Waals surface area contributed by atoms with Crippen molar-refractivity contribution in [2.75, 3.05) is 11.9 Å². The van der Waals surface area contributed by atoms with Crippen molar-refractivity contribution in [2.45, 2.75) is 32.7 Å². The molecule has 0 saturated carbocycles. The maximum absolute atomic E-state index is 14.6. The van der Waals surface area contributed by atoms with Crippen LogP contribution in [-0.2, 0) is 28.9 Å². The van der Waals surface area contributed by atoms with Crippen molar-refractivity contribution >= 4 is 45.2 Å². The third-order valence-corrected chi connectivity index (χ3v) is 6.60. The Labute approximate surface area is 170 Å². The maximum atomic E-state index is 14.6. The highest BCUT2D eigenvalue weighted by molar-refractivity contribution is 7.19. The lowest BCUT2D eigenvalue weighted by molar-refractivity contribution is -0.148. The molecule has 0 bridgehead atoms. The van der Waals surface area contributed by atoms with E-state index in [9.17, 15) is 9.18 Å². The predicted molar refractivity (Wildman–Crippen MR) is 111 cm³/mol. The molecule has 5 rings (SSSR count). The Kier molecular flexibility index (Phi) is 4.50. The number of rotatable bonds is 4. The van der Waals surface area contributed by atoms with Gasteiger partial charge in [0.25, 0.3) is 0 Å². The minimum absolute atomic E-state index is 0.117. The summed E-state index contributed by atoms with van der Waals surface area (Å²) in [5.74, 6) is 0.0126. The molecular weight excluding hydrogens is 391 g/mol. The molecule has 3 aromatic rings. The molecule has 3 heterocycles. The van der Waals surface area contributed by atoms with Gasteiger partial charge in [0.2, 0.25) is 0 Å². The van der Waals surface area contributed by atoms with E-state index in [4.69, 9.17) is 4.74 Å². The molecule has 0 fully saturated rings. The first-order valence-corrected chi connectivity index (χ1v) is 10.5. The fraction of sp³-hybridized carbons (Fsp3) is 0.333. The van der Waals surface area contributed by atoms with E-state index < -0.39 is 0 Å². The van der Waals surface area contributed by atoms with Gasteiger partial charge in [-0.2, -0.15) is 0 Å². The molecule has 0 unspecified atom stereocenters. The Balaban J connectivity index is 1.51. The molecule has 0 saturated heterocycles. The second-order valence-electron chi connectivity index (χ2n) is 7.22. The summed E-state index contributed by atoms with van der Waals surface area (Å²) in [7, 11) is 0. The summed E-state index contributed by atoms with van der Waals surface area (Å²) in [5.41, 5.74) is 3.33. The van der Waals surface area contributed by atoms with Gasteiger partial charge in [0.05, 0.1) is 30.1 Å². The van der Waals surface area contributed by atoms with Gasteiger partial charge in [-0.3, -0.25) is 9.79 Å². The summed E-state index contributed by atoms with van der Waals surface area (Å²) in [5, 5.41) is 4.08. The predicted octanol–water partition coefficient (Wildman–Crippen LogP) is 4.17. The van der Waals surface area contributed by atoms with Gasteiger partial charge in [-0.1, -0.05) is 0 Å². The number of hydrogen-bond donors (Lipinski definition) is 1. The van der Waals surface area contributed by atoms with Crippen molar-refractivity contribution in [3.8, 4) is 0 Å². The number of carbonyl (C=O) groups excluding carboxylic acids is 1. The van der Waals surface area contributed by atoms with Crippen LogP contribution >= 0.6 is 11.3 Å².